The van der Waals surface area contributed by atoms with Crippen LogP contribution < -0.4 is 25.0 Å². The van der Waals surface area contributed by atoms with E-state index in [-0.39, 0.29) is 34.9 Å². The Hall–Kier alpha value is -4.28. The molecular formula is C26H27F2N5O4. The van der Waals surface area contributed by atoms with Crippen molar-refractivity contribution in [1.29, 1.82) is 0 Å². The van der Waals surface area contributed by atoms with Crippen LogP contribution in [-0.4, -0.2) is 54.6 Å². The standard InChI is InChI=1S/C26H27F2N5O4/c1-3-29-25(35)20-14-22(21(15-31-20)32-24(34)18-5-4-10-30-26(18)36-2)33-11-8-17(9-12-33)37-23-7-6-16(27)13-19(23)28/h4-7,10,13-15,17H,3,8-9,11-12H2,1-2H3,(H,29,35)(H,32,34). The summed E-state index contributed by atoms with van der Waals surface area (Å²) >= 11 is 0. The summed E-state index contributed by atoms with van der Waals surface area (Å²) in [7, 11) is 1.43. The van der Waals surface area contributed by atoms with E-state index in [2.05, 4.69) is 20.6 Å². The van der Waals surface area contributed by atoms with Gasteiger partial charge in [0.2, 0.25) is 5.88 Å². The summed E-state index contributed by atoms with van der Waals surface area (Å²) in [5, 5.41) is 5.57. The molecule has 4 rings (SSSR count). The Kier molecular flexibility index (Phi) is 8.11. The number of anilines is 2. The first-order valence-electron chi connectivity index (χ1n) is 11.8. The lowest BCUT2D eigenvalue weighted by molar-refractivity contribution is 0.0950. The smallest absolute Gasteiger partial charge is 0.269 e. The molecule has 2 aromatic heterocycles. The number of amides is 2. The van der Waals surface area contributed by atoms with Gasteiger partial charge in [-0.25, -0.2) is 18.7 Å². The molecule has 1 aromatic carbocycles. The van der Waals surface area contributed by atoms with Gasteiger partial charge in [-0.05, 0) is 37.3 Å². The maximum Gasteiger partial charge on any atom is 0.269 e. The number of nitrogens with one attached hydrogen (secondary N) is 2. The van der Waals surface area contributed by atoms with E-state index in [1.807, 2.05) is 11.8 Å². The van der Waals surface area contributed by atoms with Gasteiger partial charge in [-0.2, -0.15) is 0 Å². The van der Waals surface area contributed by atoms with Crippen LogP contribution in [0, 0.1) is 11.6 Å². The van der Waals surface area contributed by atoms with Gasteiger partial charge in [0, 0.05) is 44.7 Å². The van der Waals surface area contributed by atoms with Crippen molar-refractivity contribution in [2.75, 3.05) is 37.0 Å². The number of pyridine rings is 2. The number of hydrogen-bond acceptors (Lipinski definition) is 7. The molecule has 0 spiro atoms. The number of aromatic nitrogens is 2. The fraction of sp³-hybridized carbons (Fsp3) is 0.308. The second-order valence-corrected chi connectivity index (χ2v) is 8.34. The Morgan fingerprint density at radius 3 is 2.59 bits per heavy atom. The summed E-state index contributed by atoms with van der Waals surface area (Å²) in [5.74, 6) is -2.01. The van der Waals surface area contributed by atoms with Crippen LogP contribution in [-0.2, 0) is 0 Å². The zero-order valence-corrected chi connectivity index (χ0v) is 20.5. The third kappa shape index (κ3) is 6.11. The molecule has 0 bridgehead atoms. The number of halogens is 2. The maximum absolute atomic E-state index is 14.0. The predicted molar refractivity (Wildman–Crippen MR) is 133 cm³/mol. The molecule has 0 radical (unpaired) electrons. The van der Waals surface area contributed by atoms with E-state index < -0.39 is 17.5 Å². The molecule has 1 fully saturated rings. The van der Waals surface area contributed by atoms with Gasteiger partial charge in [0.15, 0.2) is 11.6 Å². The average Bonchev–Trinajstić information content (AvgIpc) is 2.91. The van der Waals surface area contributed by atoms with E-state index >= 15 is 0 Å². The first-order valence-corrected chi connectivity index (χ1v) is 11.8. The molecule has 0 unspecified atom stereocenters. The minimum atomic E-state index is -0.751. The molecule has 0 aliphatic carbocycles. The number of carbonyl (C=O) groups excluding carboxylic acids is 2. The van der Waals surface area contributed by atoms with E-state index in [4.69, 9.17) is 9.47 Å². The van der Waals surface area contributed by atoms with E-state index in [0.29, 0.717) is 43.9 Å². The lowest BCUT2D eigenvalue weighted by Gasteiger charge is -2.34. The molecule has 9 nitrogen and oxygen atoms in total. The third-order valence-electron chi connectivity index (χ3n) is 5.88. The first-order chi connectivity index (χ1) is 17.9. The van der Waals surface area contributed by atoms with Crippen molar-refractivity contribution in [3.05, 3.63) is 71.7 Å². The quantitative estimate of drug-likeness (QED) is 0.474. The van der Waals surface area contributed by atoms with Gasteiger partial charge in [-0.1, -0.05) is 0 Å². The molecule has 0 atom stereocenters. The van der Waals surface area contributed by atoms with Crippen molar-refractivity contribution in [2.24, 2.45) is 0 Å². The number of benzene rings is 1. The van der Waals surface area contributed by atoms with Crippen LogP contribution >= 0.6 is 0 Å². The third-order valence-corrected chi connectivity index (χ3v) is 5.88. The Balaban J connectivity index is 1.54. The van der Waals surface area contributed by atoms with Crippen LogP contribution in [0.4, 0.5) is 20.2 Å². The predicted octanol–water partition coefficient (Wildman–Crippen LogP) is 3.81. The summed E-state index contributed by atoms with van der Waals surface area (Å²) in [6.07, 6.45) is 3.77. The van der Waals surface area contributed by atoms with E-state index in [0.717, 1.165) is 12.1 Å². The maximum atomic E-state index is 14.0. The Morgan fingerprint density at radius 2 is 1.89 bits per heavy atom. The fourth-order valence-corrected chi connectivity index (χ4v) is 4.06. The van der Waals surface area contributed by atoms with Gasteiger partial charge in [0.1, 0.15) is 23.2 Å². The van der Waals surface area contributed by atoms with Crippen LogP contribution in [0.1, 0.15) is 40.6 Å². The van der Waals surface area contributed by atoms with Crippen molar-refractivity contribution in [2.45, 2.75) is 25.9 Å². The van der Waals surface area contributed by atoms with Crippen molar-refractivity contribution < 1.29 is 27.8 Å². The van der Waals surface area contributed by atoms with Crippen molar-refractivity contribution in [3.8, 4) is 11.6 Å². The number of hydrogen-bond donors (Lipinski definition) is 2. The molecule has 11 heteroatoms. The zero-order valence-electron chi connectivity index (χ0n) is 20.5. The molecule has 0 saturated carbocycles. The van der Waals surface area contributed by atoms with Crippen LogP contribution in [0.15, 0.2) is 48.8 Å². The van der Waals surface area contributed by atoms with Gasteiger partial charge in [0.05, 0.1) is 24.7 Å². The molecule has 1 saturated heterocycles. The Bertz CT molecular complexity index is 1280. The lowest BCUT2D eigenvalue weighted by atomic mass is 10.1. The van der Waals surface area contributed by atoms with E-state index in [1.165, 1.54) is 25.6 Å². The topological polar surface area (TPSA) is 106 Å². The minimum absolute atomic E-state index is 0.000606. The van der Waals surface area contributed by atoms with Crippen LogP contribution in [0.25, 0.3) is 0 Å². The van der Waals surface area contributed by atoms with Crippen molar-refractivity contribution >= 4 is 23.2 Å². The molecule has 2 N–H and O–H groups in total. The van der Waals surface area contributed by atoms with E-state index in [1.54, 1.807) is 18.2 Å². The zero-order chi connectivity index (χ0) is 26.4. The van der Waals surface area contributed by atoms with Crippen molar-refractivity contribution in [1.82, 2.24) is 15.3 Å². The molecule has 2 amide bonds. The molecule has 194 valence electrons. The highest BCUT2D eigenvalue weighted by Crippen LogP contribution is 2.31. The summed E-state index contributed by atoms with van der Waals surface area (Å²) in [6.45, 7) is 3.26. The van der Waals surface area contributed by atoms with Gasteiger partial charge in [-0.3, -0.25) is 9.59 Å². The number of methoxy groups -OCH3 is 1. The number of carbonyl (C=O) groups is 2. The number of ether oxygens (including phenoxy) is 2. The highest BCUT2D eigenvalue weighted by Gasteiger charge is 2.26. The second-order valence-electron chi connectivity index (χ2n) is 8.34. The fourth-order valence-electron chi connectivity index (χ4n) is 4.06. The number of piperidine rings is 1. The molecular weight excluding hydrogens is 484 g/mol. The summed E-state index contributed by atoms with van der Waals surface area (Å²) in [4.78, 5) is 35.8. The molecule has 1 aliphatic heterocycles. The summed E-state index contributed by atoms with van der Waals surface area (Å²) < 4.78 is 38.2. The SMILES string of the molecule is CCNC(=O)c1cc(N2CCC(Oc3ccc(F)cc3F)CC2)c(NC(=O)c2cccnc2OC)cn1. The van der Waals surface area contributed by atoms with Crippen molar-refractivity contribution in [3.63, 3.8) is 0 Å². The molecule has 1 aliphatic rings. The monoisotopic (exact) mass is 511 g/mol. The number of nitrogens with zero attached hydrogens (tertiary/aromatic N) is 3. The van der Waals surface area contributed by atoms with E-state index in [9.17, 15) is 18.4 Å². The van der Waals surface area contributed by atoms with Gasteiger partial charge < -0.3 is 25.0 Å². The highest BCUT2D eigenvalue weighted by atomic mass is 19.1. The van der Waals surface area contributed by atoms with Crippen LogP contribution in [0.5, 0.6) is 11.6 Å². The molecule has 37 heavy (non-hydrogen) atoms. The van der Waals surface area contributed by atoms with Gasteiger partial charge in [0.25, 0.3) is 11.8 Å². The van der Waals surface area contributed by atoms with Gasteiger partial charge in [-0.15, -0.1) is 0 Å². The Labute approximate surface area is 212 Å². The van der Waals surface area contributed by atoms with Crippen LogP contribution in [0.2, 0.25) is 0 Å². The lowest BCUT2D eigenvalue weighted by Crippen LogP contribution is -2.39. The Morgan fingerprint density at radius 1 is 1.11 bits per heavy atom. The normalized spacial score (nSPS) is 13.7. The molecule has 3 aromatic rings. The first kappa shape index (κ1) is 25.8. The summed E-state index contributed by atoms with van der Waals surface area (Å²) in [5.41, 5.74) is 1.48. The van der Waals surface area contributed by atoms with Gasteiger partial charge >= 0.3 is 0 Å². The summed E-state index contributed by atoms with van der Waals surface area (Å²) in [6, 6.07) is 8.06. The average molecular weight is 512 g/mol. The molecule has 3 heterocycles. The second kappa shape index (κ2) is 11.6. The highest BCUT2D eigenvalue weighted by molar-refractivity contribution is 6.07. The van der Waals surface area contributed by atoms with Crippen LogP contribution in [0.3, 0.4) is 0 Å². The largest absolute Gasteiger partial charge is 0.487 e. The number of rotatable bonds is 8. The minimum Gasteiger partial charge on any atom is -0.487 e.